The third-order valence-corrected chi connectivity index (χ3v) is 6.20. The maximum absolute atomic E-state index is 13.2. The number of rotatable bonds is 6. The summed E-state index contributed by atoms with van der Waals surface area (Å²) in [5.41, 5.74) is 6.32. The first-order chi connectivity index (χ1) is 15.5. The lowest BCUT2D eigenvalue weighted by molar-refractivity contribution is 0.0951. The smallest absolute Gasteiger partial charge is 0.255 e. The Bertz CT molecular complexity index is 1160. The number of fused-ring (bicyclic) bond motifs is 1. The second-order valence-corrected chi connectivity index (χ2v) is 8.44. The molecule has 0 spiro atoms. The predicted octanol–water partition coefficient (Wildman–Crippen LogP) is 4.18. The van der Waals surface area contributed by atoms with Crippen LogP contribution in [0, 0.1) is 13.8 Å². The lowest BCUT2D eigenvalue weighted by atomic mass is 9.93. The standard InChI is InChI=1S/C24H30N6O2/c1-4-30-23-20(14-27-30)22(28-18-7-9-19(29-32)10-8-18)21(13-25-23)24(31)26-12-17-6-5-15(2)11-16(17)3/h5-6,11,13-14,18,32H,4,7-10,12H2,1-3H3,(H,25,28)(H,26,31). The first kappa shape index (κ1) is 21.8. The molecular weight excluding hydrogens is 404 g/mol. The van der Waals surface area contributed by atoms with Crippen LogP contribution in [0.15, 0.2) is 35.7 Å². The van der Waals surface area contributed by atoms with Crippen molar-refractivity contribution in [2.75, 3.05) is 5.32 Å². The number of carbonyl (C=O) groups excluding carboxylic acids is 1. The van der Waals surface area contributed by atoms with Gasteiger partial charge in [0.15, 0.2) is 5.65 Å². The van der Waals surface area contributed by atoms with E-state index < -0.39 is 0 Å². The monoisotopic (exact) mass is 434 g/mol. The van der Waals surface area contributed by atoms with Gasteiger partial charge >= 0.3 is 0 Å². The number of oxime groups is 1. The average Bonchev–Trinajstić information content (AvgIpc) is 3.22. The van der Waals surface area contributed by atoms with Crippen molar-refractivity contribution < 1.29 is 10.0 Å². The Hall–Kier alpha value is -3.42. The summed E-state index contributed by atoms with van der Waals surface area (Å²) in [5.74, 6) is -0.167. The summed E-state index contributed by atoms with van der Waals surface area (Å²) in [4.78, 5) is 17.8. The SMILES string of the molecule is CCn1ncc2c(NC3CCC(=NO)CC3)c(C(=O)NCc3ccc(C)cc3C)cnc21. The Morgan fingerprint density at radius 2 is 2.03 bits per heavy atom. The summed E-state index contributed by atoms with van der Waals surface area (Å²) in [5, 5.41) is 24.3. The van der Waals surface area contributed by atoms with Gasteiger partial charge in [0, 0.05) is 25.3 Å². The zero-order valence-electron chi connectivity index (χ0n) is 18.9. The van der Waals surface area contributed by atoms with E-state index in [0.29, 0.717) is 18.7 Å². The molecule has 0 unspecified atom stereocenters. The number of anilines is 1. The van der Waals surface area contributed by atoms with Gasteiger partial charge in [0.05, 0.1) is 28.5 Å². The Morgan fingerprint density at radius 1 is 1.25 bits per heavy atom. The van der Waals surface area contributed by atoms with Crippen molar-refractivity contribution in [2.24, 2.45) is 5.16 Å². The van der Waals surface area contributed by atoms with Gasteiger partial charge in [-0.2, -0.15) is 5.10 Å². The van der Waals surface area contributed by atoms with Crippen molar-refractivity contribution in [1.82, 2.24) is 20.1 Å². The summed E-state index contributed by atoms with van der Waals surface area (Å²) in [6.45, 7) is 7.29. The van der Waals surface area contributed by atoms with Crippen LogP contribution in [0.1, 0.15) is 59.7 Å². The second-order valence-electron chi connectivity index (χ2n) is 8.44. The normalized spacial score (nSPS) is 16.2. The Kier molecular flexibility index (Phi) is 6.39. The van der Waals surface area contributed by atoms with Crippen LogP contribution in [0.3, 0.4) is 0 Å². The van der Waals surface area contributed by atoms with Gasteiger partial charge in [-0.05, 0) is 57.6 Å². The van der Waals surface area contributed by atoms with Gasteiger partial charge in [-0.25, -0.2) is 9.67 Å². The molecule has 1 aliphatic carbocycles. The van der Waals surface area contributed by atoms with Crippen LogP contribution in [-0.4, -0.2) is 37.6 Å². The van der Waals surface area contributed by atoms with E-state index in [1.807, 2.05) is 11.6 Å². The highest BCUT2D eigenvalue weighted by atomic mass is 16.4. The van der Waals surface area contributed by atoms with Crippen molar-refractivity contribution in [3.63, 3.8) is 0 Å². The van der Waals surface area contributed by atoms with Crippen LogP contribution in [0.4, 0.5) is 5.69 Å². The molecule has 3 aromatic rings. The fraction of sp³-hybridized carbons (Fsp3) is 0.417. The van der Waals surface area contributed by atoms with Crippen LogP contribution in [0.5, 0.6) is 0 Å². The molecule has 32 heavy (non-hydrogen) atoms. The van der Waals surface area contributed by atoms with E-state index in [2.05, 4.69) is 57.9 Å². The molecule has 8 nitrogen and oxygen atoms in total. The zero-order valence-corrected chi connectivity index (χ0v) is 18.9. The minimum Gasteiger partial charge on any atom is -0.411 e. The van der Waals surface area contributed by atoms with Crippen LogP contribution >= 0.6 is 0 Å². The molecule has 2 aromatic heterocycles. The number of nitrogens with zero attached hydrogens (tertiary/aromatic N) is 4. The lowest BCUT2D eigenvalue weighted by Crippen LogP contribution is -2.29. The van der Waals surface area contributed by atoms with Crippen molar-refractivity contribution in [3.05, 3.63) is 52.8 Å². The largest absolute Gasteiger partial charge is 0.411 e. The summed E-state index contributed by atoms with van der Waals surface area (Å²) < 4.78 is 1.83. The Morgan fingerprint density at radius 3 is 2.72 bits per heavy atom. The Labute approximate surface area is 187 Å². The molecule has 1 amide bonds. The summed E-state index contributed by atoms with van der Waals surface area (Å²) in [6, 6.07) is 6.41. The molecule has 4 rings (SSSR count). The first-order valence-electron chi connectivity index (χ1n) is 11.1. The van der Waals surface area contributed by atoms with Gasteiger partial charge in [0.2, 0.25) is 0 Å². The molecule has 0 aliphatic heterocycles. The summed E-state index contributed by atoms with van der Waals surface area (Å²) >= 11 is 0. The van der Waals surface area contributed by atoms with E-state index in [-0.39, 0.29) is 11.9 Å². The number of nitrogens with one attached hydrogen (secondary N) is 2. The van der Waals surface area contributed by atoms with Gasteiger partial charge in [-0.3, -0.25) is 4.79 Å². The van der Waals surface area contributed by atoms with Crippen molar-refractivity contribution in [3.8, 4) is 0 Å². The lowest BCUT2D eigenvalue weighted by Gasteiger charge is -2.26. The van der Waals surface area contributed by atoms with Gasteiger partial charge < -0.3 is 15.8 Å². The molecule has 0 saturated heterocycles. The number of carbonyl (C=O) groups is 1. The molecule has 0 radical (unpaired) electrons. The number of benzene rings is 1. The second kappa shape index (κ2) is 9.38. The summed E-state index contributed by atoms with van der Waals surface area (Å²) in [7, 11) is 0. The fourth-order valence-electron chi connectivity index (χ4n) is 4.30. The van der Waals surface area contributed by atoms with Gasteiger partial charge in [-0.15, -0.1) is 0 Å². The maximum atomic E-state index is 13.2. The molecule has 0 bridgehead atoms. The van der Waals surface area contributed by atoms with Gasteiger partial charge in [-0.1, -0.05) is 28.9 Å². The molecule has 2 heterocycles. The van der Waals surface area contributed by atoms with Crippen molar-refractivity contribution >= 4 is 28.3 Å². The minimum atomic E-state index is -0.167. The average molecular weight is 435 g/mol. The number of hydrogen-bond donors (Lipinski definition) is 3. The van der Waals surface area contributed by atoms with Crippen LogP contribution < -0.4 is 10.6 Å². The molecule has 3 N–H and O–H groups in total. The maximum Gasteiger partial charge on any atom is 0.255 e. The van der Waals surface area contributed by atoms with Crippen LogP contribution in [0.25, 0.3) is 11.0 Å². The summed E-state index contributed by atoms with van der Waals surface area (Å²) in [6.07, 6.45) is 6.58. The molecule has 0 atom stereocenters. The molecule has 1 aliphatic rings. The van der Waals surface area contributed by atoms with E-state index in [0.717, 1.165) is 59.2 Å². The highest BCUT2D eigenvalue weighted by Gasteiger charge is 2.23. The minimum absolute atomic E-state index is 0.167. The molecule has 1 fully saturated rings. The molecule has 1 aromatic carbocycles. The van der Waals surface area contributed by atoms with Crippen LogP contribution in [0.2, 0.25) is 0 Å². The molecule has 8 heteroatoms. The number of aryl methyl sites for hydroxylation is 3. The molecule has 168 valence electrons. The van der Waals surface area contributed by atoms with Gasteiger partial charge in [0.25, 0.3) is 5.91 Å². The first-order valence-corrected chi connectivity index (χ1v) is 11.1. The number of amides is 1. The number of hydrogen-bond acceptors (Lipinski definition) is 6. The van der Waals surface area contributed by atoms with E-state index in [4.69, 9.17) is 5.21 Å². The number of pyridine rings is 1. The predicted molar refractivity (Wildman–Crippen MR) is 125 cm³/mol. The van der Waals surface area contributed by atoms with E-state index in [1.54, 1.807) is 12.4 Å². The highest BCUT2D eigenvalue weighted by Crippen LogP contribution is 2.29. The van der Waals surface area contributed by atoms with Crippen molar-refractivity contribution in [2.45, 2.75) is 65.6 Å². The van der Waals surface area contributed by atoms with Crippen molar-refractivity contribution in [1.29, 1.82) is 0 Å². The van der Waals surface area contributed by atoms with E-state index >= 15 is 0 Å². The third kappa shape index (κ3) is 4.44. The third-order valence-electron chi connectivity index (χ3n) is 6.20. The fourth-order valence-corrected chi connectivity index (χ4v) is 4.30. The molecular formula is C24H30N6O2. The Balaban J connectivity index is 1.61. The topological polar surface area (TPSA) is 104 Å². The van der Waals surface area contributed by atoms with Crippen LogP contribution in [-0.2, 0) is 13.1 Å². The van der Waals surface area contributed by atoms with E-state index in [9.17, 15) is 4.79 Å². The number of aromatic nitrogens is 3. The van der Waals surface area contributed by atoms with E-state index in [1.165, 1.54) is 5.56 Å². The van der Waals surface area contributed by atoms with Gasteiger partial charge in [0.1, 0.15) is 0 Å². The zero-order chi connectivity index (χ0) is 22.7. The molecule has 1 saturated carbocycles. The highest BCUT2D eigenvalue weighted by molar-refractivity contribution is 6.06. The quantitative estimate of drug-likeness (QED) is 0.399.